The first kappa shape index (κ1) is 13.7. The van der Waals surface area contributed by atoms with Gasteiger partial charge in [0.05, 0.1) is 5.56 Å². The molecule has 0 radical (unpaired) electrons. The lowest BCUT2D eigenvalue weighted by Crippen LogP contribution is -2.27. The average Bonchev–Trinajstić information content (AvgIpc) is 2.74. The Bertz CT molecular complexity index is 710. The summed E-state index contributed by atoms with van der Waals surface area (Å²) in [5.74, 6) is 0.504. The van der Waals surface area contributed by atoms with Gasteiger partial charge in [-0.3, -0.25) is 15.0 Å². The Morgan fingerprint density at radius 3 is 2.63 bits per heavy atom. The van der Waals surface area contributed by atoms with E-state index in [-0.39, 0.29) is 11.6 Å². The number of hydrogen-bond donors (Lipinski definition) is 2. The number of hydrogen-bond acceptors (Lipinski definition) is 3. The van der Waals surface area contributed by atoms with E-state index in [1.54, 1.807) is 0 Å². The standard InChI is InChI=1S/C13H18N4OS/c1-5-8(3)17-9(4)6-7(2)10(12(17)18)11-14-13(19)16-15-11/h6,8H,5H2,1-4H3,(H2,14,15,16,19). The van der Waals surface area contributed by atoms with Crippen molar-refractivity contribution in [3.63, 3.8) is 0 Å². The molecule has 102 valence electrons. The molecule has 2 N–H and O–H groups in total. The van der Waals surface area contributed by atoms with Crippen molar-refractivity contribution in [1.29, 1.82) is 0 Å². The van der Waals surface area contributed by atoms with E-state index < -0.39 is 0 Å². The number of aromatic nitrogens is 4. The third-order valence-electron chi connectivity index (χ3n) is 3.40. The highest BCUT2D eigenvalue weighted by Gasteiger charge is 2.17. The lowest BCUT2D eigenvalue weighted by Gasteiger charge is -2.18. The van der Waals surface area contributed by atoms with Crippen LogP contribution in [0.4, 0.5) is 0 Å². The van der Waals surface area contributed by atoms with Gasteiger partial charge in [-0.15, -0.1) is 0 Å². The fourth-order valence-corrected chi connectivity index (χ4v) is 2.45. The molecular formula is C13H18N4OS. The first-order valence-corrected chi connectivity index (χ1v) is 6.74. The van der Waals surface area contributed by atoms with Gasteiger partial charge in [0.15, 0.2) is 5.82 Å². The molecule has 0 spiro atoms. The zero-order valence-corrected chi connectivity index (χ0v) is 12.4. The van der Waals surface area contributed by atoms with Gasteiger partial charge in [0.2, 0.25) is 4.77 Å². The molecule has 0 aliphatic rings. The summed E-state index contributed by atoms with van der Waals surface area (Å²) in [6, 6.07) is 2.17. The monoisotopic (exact) mass is 278 g/mol. The molecular weight excluding hydrogens is 260 g/mol. The summed E-state index contributed by atoms with van der Waals surface area (Å²) in [6.07, 6.45) is 0.903. The van der Waals surface area contributed by atoms with Gasteiger partial charge in [-0.2, -0.15) is 4.98 Å². The molecule has 1 unspecified atom stereocenters. The van der Waals surface area contributed by atoms with Crippen LogP contribution in [-0.4, -0.2) is 19.7 Å². The minimum Gasteiger partial charge on any atom is -0.310 e. The maximum Gasteiger partial charge on any atom is 0.262 e. The molecule has 2 aromatic rings. The minimum absolute atomic E-state index is 0.0235. The smallest absolute Gasteiger partial charge is 0.262 e. The van der Waals surface area contributed by atoms with Crippen LogP contribution in [0, 0.1) is 18.6 Å². The first-order valence-electron chi connectivity index (χ1n) is 6.33. The van der Waals surface area contributed by atoms with Crippen LogP contribution in [0.1, 0.15) is 37.6 Å². The maximum absolute atomic E-state index is 12.7. The summed E-state index contributed by atoms with van der Waals surface area (Å²) < 4.78 is 2.16. The maximum atomic E-state index is 12.7. The van der Waals surface area contributed by atoms with Crippen molar-refractivity contribution in [1.82, 2.24) is 19.7 Å². The highest BCUT2D eigenvalue weighted by atomic mass is 32.1. The van der Waals surface area contributed by atoms with E-state index in [1.165, 1.54) is 0 Å². The highest BCUT2D eigenvalue weighted by molar-refractivity contribution is 7.71. The van der Waals surface area contributed by atoms with Crippen LogP contribution in [0.15, 0.2) is 10.9 Å². The molecule has 2 heterocycles. The summed E-state index contributed by atoms with van der Waals surface area (Å²) >= 11 is 4.95. The predicted octanol–water partition coefficient (Wildman–Crippen LogP) is 2.88. The van der Waals surface area contributed by atoms with Gasteiger partial charge in [-0.1, -0.05) is 6.92 Å². The molecule has 0 bridgehead atoms. The quantitative estimate of drug-likeness (QED) is 0.848. The van der Waals surface area contributed by atoms with Crippen LogP contribution in [0.2, 0.25) is 0 Å². The largest absolute Gasteiger partial charge is 0.310 e. The molecule has 2 rings (SSSR count). The van der Waals surface area contributed by atoms with Gasteiger partial charge in [0.25, 0.3) is 5.56 Å². The molecule has 1 atom stereocenters. The number of aromatic amines is 2. The van der Waals surface area contributed by atoms with Gasteiger partial charge in [-0.25, -0.2) is 0 Å². The second-order valence-electron chi connectivity index (χ2n) is 4.79. The topological polar surface area (TPSA) is 66.5 Å². The van der Waals surface area contributed by atoms with E-state index in [1.807, 2.05) is 31.4 Å². The highest BCUT2D eigenvalue weighted by Crippen LogP contribution is 2.19. The average molecular weight is 278 g/mol. The van der Waals surface area contributed by atoms with E-state index in [2.05, 4.69) is 22.1 Å². The Labute approximate surface area is 116 Å². The summed E-state index contributed by atoms with van der Waals surface area (Å²) in [5, 5.41) is 5.58. The normalized spacial score (nSPS) is 12.6. The third kappa shape index (κ3) is 2.40. The van der Waals surface area contributed by atoms with Crippen molar-refractivity contribution in [3.8, 4) is 11.4 Å². The lowest BCUT2D eigenvalue weighted by molar-refractivity contribution is 0.502. The molecule has 6 heteroatoms. The molecule has 0 fully saturated rings. The number of H-pyrrole nitrogens is 2. The molecule has 2 aromatic heterocycles. The van der Waals surface area contributed by atoms with Gasteiger partial charge >= 0.3 is 0 Å². The summed E-state index contributed by atoms with van der Waals surface area (Å²) in [4.78, 5) is 16.8. The van der Waals surface area contributed by atoms with Crippen molar-refractivity contribution in [3.05, 3.63) is 32.4 Å². The van der Waals surface area contributed by atoms with E-state index in [9.17, 15) is 4.79 Å². The third-order valence-corrected chi connectivity index (χ3v) is 3.60. The Balaban J connectivity index is 2.75. The lowest BCUT2D eigenvalue weighted by atomic mass is 10.1. The molecule has 19 heavy (non-hydrogen) atoms. The van der Waals surface area contributed by atoms with Gasteiger partial charge in [-0.05, 0) is 51.0 Å². The van der Waals surface area contributed by atoms with Gasteiger partial charge in [0, 0.05) is 11.7 Å². The van der Waals surface area contributed by atoms with Gasteiger partial charge < -0.3 is 4.57 Å². The molecule has 0 saturated heterocycles. The van der Waals surface area contributed by atoms with E-state index in [0.29, 0.717) is 16.2 Å². The van der Waals surface area contributed by atoms with Crippen LogP contribution >= 0.6 is 12.2 Å². The van der Waals surface area contributed by atoms with Crippen molar-refractivity contribution >= 4 is 12.2 Å². The fraction of sp³-hybridized carbons (Fsp3) is 0.462. The van der Waals surface area contributed by atoms with Crippen LogP contribution < -0.4 is 5.56 Å². The second-order valence-corrected chi connectivity index (χ2v) is 5.18. The molecule has 0 aliphatic carbocycles. The predicted molar refractivity (Wildman–Crippen MR) is 77.9 cm³/mol. The Morgan fingerprint density at radius 1 is 1.42 bits per heavy atom. The van der Waals surface area contributed by atoms with Crippen LogP contribution in [-0.2, 0) is 0 Å². The number of nitrogens with one attached hydrogen (secondary N) is 2. The van der Waals surface area contributed by atoms with E-state index in [4.69, 9.17) is 12.2 Å². The molecule has 0 aromatic carbocycles. The Morgan fingerprint density at radius 2 is 2.11 bits per heavy atom. The van der Waals surface area contributed by atoms with Crippen LogP contribution in [0.25, 0.3) is 11.4 Å². The zero-order valence-electron chi connectivity index (χ0n) is 11.6. The van der Waals surface area contributed by atoms with Gasteiger partial charge in [0.1, 0.15) is 0 Å². The number of pyridine rings is 1. The minimum atomic E-state index is -0.0235. The number of rotatable bonds is 3. The second kappa shape index (κ2) is 5.13. The Kier molecular flexibility index (Phi) is 3.71. The summed E-state index contributed by atoms with van der Waals surface area (Å²) in [5.41, 5.74) is 2.43. The Hall–Kier alpha value is -1.69. The summed E-state index contributed by atoms with van der Waals surface area (Å²) in [6.45, 7) is 7.98. The SMILES string of the molecule is CCC(C)n1c(C)cc(C)c(-c2nc(=S)[nH][nH]2)c1=O. The number of aryl methyl sites for hydroxylation is 2. The van der Waals surface area contributed by atoms with Crippen LogP contribution in [0.3, 0.4) is 0 Å². The van der Waals surface area contributed by atoms with Crippen molar-refractivity contribution in [2.75, 3.05) is 0 Å². The molecule has 5 nitrogen and oxygen atoms in total. The molecule has 0 saturated carbocycles. The van der Waals surface area contributed by atoms with E-state index >= 15 is 0 Å². The van der Waals surface area contributed by atoms with Crippen LogP contribution in [0.5, 0.6) is 0 Å². The van der Waals surface area contributed by atoms with Crippen molar-refractivity contribution in [2.45, 2.75) is 40.2 Å². The fourth-order valence-electron chi connectivity index (χ4n) is 2.31. The zero-order chi connectivity index (χ0) is 14.2. The van der Waals surface area contributed by atoms with E-state index in [0.717, 1.165) is 17.7 Å². The van der Waals surface area contributed by atoms with Crippen molar-refractivity contribution in [2.24, 2.45) is 0 Å². The van der Waals surface area contributed by atoms with Crippen molar-refractivity contribution < 1.29 is 0 Å². The number of nitrogens with zero attached hydrogens (tertiary/aromatic N) is 2. The molecule has 0 amide bonds. The summed E-state index contributed by atoms with van der Waals surface area (Å²) in [7, 11) is 0. The first-order chi connectivity index (χ1) is 8.95. The molecule has 0 aliphatic heterocycles.